The summed E-state index contributed by atoms with van der Waals surface area (Å²) in [6, 6.07) is 4.34. The summed E-state index contributed by atoms with van der Waals surface area (Å²) < 4.78 is 18.7. The number of fused-ring (bicyclic) bond motifs is 1. The molecule has 1 unspecified atom stereocenters. The van der Waals surface area contributed by atoms with Crippen LogP contribution in [-0.4, -0.2) is 45.4 Å². The Kier molecular flexibility index (Phi) is 13.2. The molecule has 0 aromatic heterocycles. The molecule has 0 radical (unpaired) electrons. The zero-order valence-electron chi connectivity index (χ0n) is 26.2. The normalized spacial score (nSPS) is 23.1. The van der Waals surface area contributed by atoms with Gasteiger partial charge in [-0.05, 0) is 92.8 Å². The number of alkyl halides is 1. The number of methoxy groups -OCH3 is 1. The Labute approximate surface area is 239 Å². The van der Waals surface area contributed by atoms with Crippen LogP contribution >= 0.6 is 11.6 Å². The largest absolute Gasteiger partial charge is 0.488 e. The third-order valence-corrected chi connectivity index (χ3v) is 9.44. The summed E-state index contributed by atoms with van der Waals surface area (Å²) in [4.78, 5) is 0. The van der Waals surface area contributed by atoms with E-state index in [0.717, 1.165) is 56.4 Å². The summed E-state index contributed by atoms with van der Waals surface area (Å²) in [7, 11) is 1.85. The predicted molar refractivity (Wildman–Crippen MR) is 163 cm³/mol. The maximum absolute atomic E-state index is 6.75. The lowest BCUT2D eigenvalue weighted by Gasteiger charge is -2.44. The molecule has 1 aliphatic carbocycles. The molecule has 3 rings (SSSR count). The molecule has 1 aliphatic heterocycles. The average Bonchev–Trinajstić information content (AvgIpc) is 3.67. The predicted octanol–water partition coefficient (Wildman–Crippen LogP) is 8.27. The van der Waals surface area contributed by atoms with Gasteiger partial charge in [-0.2, -0.15) is 0 Å². The van der Waals surface area contributed by atoms with Gasteiger partial charge in [0.1, 0.15) is 12.7 Å². The minimum Gasteiger partial charge on any atom is -0.488 e. The Bertz CT molecular complexity index is 834. The van der Waals surface area contributed by atoms with E-state index in [9.17, 15) is 0 Å². The van der Waals surface area contributed by atoms with Gasteiger partial charge in [0.05, 0.1) is 5.88 Å². The first-order valence-corrected chi connectivity index (χ1v) is 15.9. The molecule has 4 nitrogen and oxygen atoms in total. The van der Waals surface area contributed by atoms with Gasteiger partial charge < -0.3 is 19.5 Å². The smallest absolute Gasteiger partial charge is 0.165 e. The molecule has 1 aromatic carbocycles. The molecule has 5 atom stereocenters. The first-order chi connectivity index (χ1) is 18.1. The Balaban J connectivity index is 0.00000247. The second-order valence-corrected chi connectivity index (χ2v) is 12.8. The Morgan fingerprint density at radius 3 is 2.39 bits per heavy atom. The van der Waals surface area contributed by atoms with Gasteiger partial charge in [0.2, 0.25) is 0 Å². The molecule has 1 saturated carbocycles. The van der Waals surface area contributed by atoms with Crippen molar-refractivity contribution in [3.05, 3.63) is 23.3 Å². The first-order valence-electron chi connectivity index (χ1n) is 15.3. The highest BCUT2D eigenvalue weighted by Gasteiger charge is 2.53. The summed E-state index contributed by atoms with van der Waals surface area (Å²) in [5.41, 5.74) is 2.90. The van der Waals surface area contributed by atoms with E-state index in [0.29, 0.717) is 30.2 Å². The van der Waals surface area contributed by atoms with Crippen molar-refractivity contribution in [3.63, 3.8) is 0 Å². The SMILES string of the molecule is CC.CCc1ccc(OCCCl)c2c1[C@](CC)(C(CNCC1CC1)C[C@@H](COC)[C@@H](C)C(C)(C)C)[C@H](C)O2. The van der Waals surface area contributed by atoms with Crippen LogP contribution in [0.4, 0.5) is 0 Å². The first kappa shape index (κ1) is 33.2. The molecule has 5 heteroatoms. The minimum absolute atomic E-state index is 0.0735. The van der Waals surface area contributed by atoms with Crippen LogP contribution in [0, 0.1) is 29.1 Å². The van der Waals surface area contributed by atoms with Crippen molar-refractivity contribution in [2.24, 2.45) is 29.1 Å². The van der Waals surface area contributed by atoms with E-state index < -0.39 is 0 Å². The highest BCUT2D eigenvalue weighted by Crippen LogP contribution is 2.56. The molecule has 2 aliphatic rings. The maximum atomic E-state index is 6.75. The second kappa shape index (κ2) is 15.1. The van der Waals surface area contributed by atoms with E-state index in [-0.39, 0.29) is 16.9 Å². The van der Waals surface area contributed by atoms with Crippen molar-refractivity contribution in [2.75, 3.05) is 39.3 Å². The number of halogens is 1. The highest BCUT2D eigenvalue weighted by molar-refractivity contribution is 6.18. The Morgan fingerprint density at radius 2 is 1.87 bits per heavy atom. The summed E-state index contributed by atoms with van der Waals surface area (Å²) >= 11 is 5.98. The zero-order chi connectivity index (χ0) is 28.5. The molecule has 0 amide bonds. The summed E-state index contributed by atoms with van der Waals surface area (Å²) in [5, 5.41) is 3.90. The highest BCUT2D eigenvalue weighted by atomic mass is 35.5. The number of hydrogen-bond donors (Lipinski definition) is 1. The van der Waals surface area contributed by atoms with E-state index in [1.54, 1.807) is 0 Å². The number of nitrogens with one attached hydrogen (secondary N) is 1. The lowest BCUT2D eigenvalue weighted by atomic mass is 9.60. The van der Waals surface area contributed by atoms with Crippen molar-refractivity contribution in [1.82, 2.24) is 5.32 Å². The van der Waals surface area contributed by atoms with Crippen LogP contribution in [0.3, 0.4) is 0 Å². The van der Waals surface area contributed by atoms with Gasteiger partial charge in [0.25, 0.3) is 0 Å². The van der Waals surface area contributed by atoms with E-state index in [1.165, 1.54) is 24.0 Å². The van der Waals surface area contributed by atoms with Crippen molar-refractivity contribution in [3.8, 4) is 11.5 Å². The average molecular weight is 552 g/mol. The molecule has 0 bridgehead atoms. The van der Waals surface area contributed by atoms with E-state index >= 15 is 0 Å². The van der Waals surface area contributed by atoms with Gasteiger partial charge in [0, 0.05) is 24.7 Å². The zero-order valence-corrected chi connectivity index (χ0v) is 27.0. The molecular weight excluding hydrogens is 494 g/mol. The standard InChI is InChI=1S/C31H52ClNO3.C2H6/c1-9-24-13-14-27(35-16-15-32)29-28(24)31(10-2,22(4)36-29)26(19-33-18-23-11-12-23)17-25(20-34-8)21(3)30(5,6)7;1-2/h13-14,21-23,25-26,33H,9-12,15-20H2,1-8H3;1-2H3/t21-,22+,25+,26?,31+;/m1./s1. The number of aryl methyl sites for hydroxylation is 1. The third kappa shape index (κ3) is 7.61. The molecule has 1 N–H and O–H groups in total. The van der Waals surface area contributed by atoms with E-state index in [1.807, 2.05) is 21.0 Å². The Hall–Kier alpha value is -0.970. The van der Waals surface area contributed by atoms with Crippen LogP contribution < -0.4 is 14.8 Å². The molecule has 0 spiro atoms. The molecule has 0 saturated heterocycles. The van der Waals surface area contributed by atoms with Crippen LogP contribution in [0.1, 0.15) is 99.1 Å². The summed E-state index contributed by atoms with van der Waals surface area (Å²) in [5.74, 6) is 4.56. The minimum atomic E-state index is -0.0822. The molecule has 1 fully saturated rings. The number of benzene rings is 1. The van der Waals surface area contributed by atoms with Crippen molar-refractivity contribution < 1.29 is 14.2 Å². The second-order valence-electron chi connectivity index (χ2n) is 12.4. The van der Waals surface area contributed by atoms with Crippen molar-refractivity contribution in [2.45, 2.75) is 106 Å². The third-order valence-electron chi connectivity index (χ3n) is 9.28. The summed E-state index contributed by atoms with van der Waals surface area (Å²) in [6.07, 6.45) is 5.94. The van der Waals surface area contributed by atoms with Gasteiger partial charge in [-0.25, -0.2) is 0 Å². The molecule has 220 valence electrons. The van der Waals surface area contributed by atoms with E-state index in [4.69, 9.17) is 25.8 Å². The molecular formula is C33H58ClNO3. The fraction of sp³-hybridized carbons (Fsp3) is 0.818. The number of ether oxygens (including phenoxy) is 3. The lowest BCUT2D eigenvalue weighted by Crippen LogP contribution is -2.49. The van der Waals surface area contributed by atoms with Gasteiger partial charge >= 0.3 is 0 Å². The van der Waals surface area contributed by atoms with Crippen molar-refractivity contribution in [1.29, 1.82) is 0 Å². The maximum Gasteiger partial charge on any atom is 0.165 e. The monoisotopic (exact) mass is 551 g/mol. The Morgan fingerprint density at radius 1 is 1.18 bits per heavy atom. The van der Waals surface area contributed by atoms with Crippen LogP contribution in [-0.2, 0) is 16.6 Å². The molecule has 38 heavy (non-hydrogen) atoms. The van der Waals surface area contributed by atoms with Crippen LogP contribution in [0.2, 0.25) is 0 Å². The van der Waals surface area contributed by atoms with Gasteiger partial charge in [-0.15, -0.1) is 11.6 Å². The van der Waals surface area contributed by atoms with Gasteiger partial charge in [-0.1, -0.05) is 61.5 Å². The van der Waals surface area contributed by atoms with Gasteiger partial charge in [-0.3, -0.25) is 0 Å². The molecule has 1 heterocycles. The summed E-state index contributed by atoms with van der Waals surface area (Å²) in [6.45, 7) is 23.8. The lowest BCUT2D eigenvalue weighted by molar-refractivity contribution is 0.0351. The van der Waals surface area contributed by atoms with Crippen LogP contribution in [0.15, 0.2) is 12.1 Å². The molecule has 1 aromatic rings. The van der Waals surface area contributed by atoms with E-state index in [2.05, 4.69) is 65.9 Å². The number of rotatable bonds is 15. The fourth-order valence-electron chi connectivity index (χ4n) is 6.53. The van der Waals surface area contributed by atoms with Crippen LogP contribution in [0.5, 0.6) is 11.5 Å². The fourth-order valence-corrected chi connectivity index (χ4v) is 6.60. The van der Waals surface area contributed by atoms with Gasteiger partial charge in [0.15, 0.2) is 11.5 Å². The van der Waals surface area contributed by atoms with Crippen molar-refractivity contribution >= 4 is 11.6 Å². The van der Waals surface area contributed by atoms with Crippen LogP contribution in [0.25, 0.3) is 0 Å². The quantitative estimate of drug-likeness (QED) is 0.223. The number of hydrogen-bond acceptors (Lipinski definition) is 4. The topological polar surface area (TPSA) is 39.7 Å².